The first-order valence-electron chi connectivity index (χ1n) is 8.18. The van der Waals surface area contributed by atoms with Gasteiger partial charge < -0.3 is 5.32 Å². The van der Waals surface area contributed by atoms with Gasteiger partial charge in [-0.1, -0.05) is 54.1 Å². The summed E-state index contributed by atoms with van der Waals surface area (Å²) < 4.78 is 1.96. The lowest BCUT2D eigenvalue weighted by Gasteiger charge is -2.05. The zero-order chi connectivity index (χ0) is 18.1. The maximum Gasteiger partial charge on any atom is 0.265 e. The number of hydrogen-bond donors (Lipinski definition) is 1. The van der Waals surface area contributed by atoms with Gasteiger partial charge in [0.25, 0.3) is 5.91 Å². The second-order valence-electron chi connectivity index (χ2n) is 5.99. The van der Waals surface area contributed by atoms with Gasteiger partial charge in [-0.3, -0.25) is 9.48 Å². The molecular formula is C20H16ClN3OS. The molecule has 26 heavy (non-hydrogen) atoms. The number of para-hydroxylation sites is 1. The molecule has 4 aromatic rings. The minimum Gasteiger partial charge on any atom is -0.320 e. The molecule has 4 rings (SSSR count). The predicted octanol–water partition coefficient (Wildman–Crippen LogP) is 5.36. The van der Waals surface area contributed by atoms with Gasteiger partial charge in [-0.15, -0.1) is 11.3 Å². The lowest BCUT2D eigenvalue weighted by molar-refractivity contribution is 0.103. The highest BCUT2D eigenvalue weighted by atomic mass is 35.5. The molecule has 0 fully saturated rings. The van der Waals surface area contributed by atoms with E-state index in [0.29, 0.717) is 22.1 Å². The molecule has 0 aliphatic heterocycles. The molecule has 1 amide bonds. The topological polar surface area (TPSA) is 46.9 Å². The van der Waals surface area contributed by atoms with Crippen molar-refractivity contribution in [1.29, 1.82) is 0 Å². The Bertz CT molecular complexity index is 1090. The second kappa shape index (κ2) is 6.94. The standard InChI is InChI=1S/C20H16ClN3OS/c1-13-15-11-18(19(25)22-17-10-6-5-9-16(17)21)26-20(15)24(23-13)12-14-7-3-2-4-8-14/h2-11H,12H2,1H3,(H,22,25). The summed E-state index contributed by atoms with van der Waals surface area (Å²) in [5, 5.41) is 9.02. The van der Waals surface area contributed by atoms with Crippen molar-refractivity contribution in [2.45, 2.75) is 13.5 Å². The first kappa shape index (κ1) is 16.8. The second-order valence-corrected chi connectivity index (χ2v) is 7.43. The first-order valence-corrected chi connectivity index (χ1v) is 9.38. The van der Waals surface area contributed by atoms with Gasteiger partial charge >= 0.3 is 0 Å². The molecule has 130 valence electrons. The van der Waals surface area contributed by atoms with Crippen LogP contribution in [0.15, 0.2) is 60.7 Å². The van der Waals surface area contributed by atoms with Crippen LogP contribution in [0.25, 0.3) is 10.2 Å². The summed E-state index contributed by atoms with van der Waals surface area (Å²) in [6.45, 7) is 2.64. The van der Waals surface area contributed by atoms with E-state index in [9.17, 15) is 4.79 Å². The maximum atomic E-state index is 12.6. The van der Waals surface area contributed by atoms with E-state index >= 15 is 0 Å². The number of carbonyl (C=O) groups is 1. The number of benzene rings is 2. The zero-order valence-corrected chi connectivity index (χ0v) is 15.6. The summed E-state index contributed by atoms with van der Waals surface area (Å²) in [4.78, 5) is 14.3. The number of amides is 1. The van der Waals surface area contributed by atoms with Crippen LogP contribution in [0.1, 0.15) is 20.9 Å². The van der Waals surface area contributed by atoms with E-state index in [1.165, 1.54) is 16.9 Å². The summed E-state index contributed by atoms with van der Waals surface area (Å²) in [5.74, 6) is -0.162. The predicted molar refractivity (Wildman–Crippen MR) is 107 cm³/mol. The fourth-order valence-electron chi connectivity index (χ4n) is 2.83. The van der Waals surface area contributed by atoms with Gasteiger partial charge in [-0.25, -0.2) is 0 Å². The fraction of sp³-hybridized carbons (Fsp3) is 0.100. The van der Waals surface area contributed by atoms with E-state index in [4.69, 9.17) is 11.6 Å². The molecule has 0 saturated heterocycles. The van der Waals surface area contributed by atoms with Crippen molar-refractivity contribution < 1.29 is 4.79 Å². The largest absolute Gasteiger partial charge is 0.320 e. The number of rotatable bonds is 4. The molecule has 0 aliphatic carbocycles. The fourth-order valence-corrected chi connectivity index (χ4v) is 4.07. The minimum absolute atomic E-state index is 0.162. The Labute approximate surface area is 160 Å². The number of nitrogens with zero attached hydrogens (tertiary/aromatic N) is 2. The smallest absolute Gasteiger partial charge is 0.265 e. The first-order chi connectivity index (χ1) is 12.6. The molecule has 6 heteroatoms. The molecule has 0 bridgehead atoms. The van der Waals surface area contributed by atoms with Crippen LogP contribution < -0.4 is 5.32 Å². The normalized spacial score (nSPS) is 11.0. The van der Waals surface area contributed by atoms with Gasteiger partial charge in [0.15, 0.2) is 0 Å². The van der Waals surface area contributed by atoms with Crippen LogP contribution in [0, 0.1) is 6.92 Å². The van der Waals surface area contributed by atoms with Crippen LogP contribution in [0.3, 0.4) is 0 Å². The number of thiophene rings is 1. The number of anilines is 1. The van der Waals surface area contributed by atoms with Crippen LogP contribution >= 0.6 is 22.9 Å². The number of nitrogens with one attached hydrogen (secondary N) is 1. The van der Waals surface area contributed by atoms with E-state index in [2.05, 4.69) is 22.5 Å². The van der Waals surface area contributed by atoms with Crippen molar-refractivity contribution in [3.8, 4) is 0 Å². The Hall–Kier alpha value is -2.63. The average Bonchev–Trinajstić information content (AvgIpc) is 3.20. The monoisotopic (exact) mass is 381 g/mol. The van der Waals surface area contributed by atoms with Crippen molar-refractivity contribution in [2.24, 2.45) is 0 Å². The molecule has 0 saturated carbocycles. The number of carbonyl (C=O) groups excluding carboxylic acids is 1. The van der Waals surface area contributed by atoms with Gasteiger partial charge in [0.05, 0.1) is 27.8 Å². The molecule has 0 radical (unpaired) electrons. The van der Waals surface area contributed by atoms with E-state index in [0.717, 1.165) is 15.9 Å². The van der Waals surface area contributed by atoms with Crippen molar-refractivity contribution in [3.63, 3.8) is 0 Å². The lowest BCUT2D eigenvalue weighted by Crippen LogP contribution is -2.10. The van der Waals surface area contributed by atoms with Gasteiger partial charge in [0, 0.05) is 5.39 Å². The third-order valence-corrected chi connectivity index (χ3v) is 5.61. The van der Waals surface area contributed by atoms with Crippen molar-refractivity contribution >= 4 is 44.7 Å². The Morgan fingerprint density at radius 1 is 1.15 bits per heavy atom. The van der Waals surface area contributed by atoms with Crippen LogP contribution in [0.2, 0.25) is 5.02 Å². The minimum atomic E-state index is -0.162. The Balaban J connectivity index is 1.64. The summed E-state index contributed by atoms with van der Waals surface area (Å²) in [6.07, 6.45) is 0. The Morgan fingerprint density at radius 3 is 2.65 bits per heavy atom. The number of hydrogen-bond acceptors (Lipinski definition) is 3. The third-order valence-electron chi connectivity index (χ3n) is 4.13. The average molecular weight is 382 g/mol. The van der Waals surface area contributed by atoms with Gasteiger partial charge in [-0.05, 0) is 30.7 Å². The lowest BCUT2D eigenvalue weighted by atomic mass is 10.2. The summed E-state index contributed by atoms with van der Waals surface area (Å²) in [6, 6.07) is 19.3. The third kappa shape index (κ3) is 3.23. The number of aryl methyl sites for hydroxylation is 1. The zero-order valence-electron chi connectivity index (χ0n) is 14.1. The van der Waals surface area contributed by atoms with Gasteiger partial charge in [0.2, 0.25) is 0 Å². The SMILES string of the molecule is Cc1nn(Cc2ccccc2)c2sc(C(=O)Nc3ccccc3Cl)cc12. The summed E-state index contributed by atoms with van der Waals surface area (Å²) in [7, 11) is 0. The molecule has 4 nitrogen and oxygen atoms in total. The summed E-state index contributed by atoms with van der Waals surface area (Å²) in [5.41, 5.74) is 2.70. The molecule has 0 spiro atoms. The van der Waals surface area contributed by atoms with Crippen molar-refractivity contribution in [3.05, 3.63) is 81.8 Å². The molecule has 0 atom stereocenters. The molecular weight excluding hydrogens is 366 g/mol. The maximum absolute atomic E-state index is 12.6. The molecule has 2 aromatic heterocycles. The highest BCUT2D eigenvalue weighted by Crippen LogP contribution is 2.30. The molecule has 1 N–H and O–H groups in total. The van der Waals surface area contributed by atoms with Crippen LogP contribution in [-0.2, 0) is 6.54 Å². The van der Waals surface area contributed by atoms with E-state index in [1.54, 1.807) is 12.1 Å². The summed E-state index contributed by atoms with van der Waals surface area (Å²) >= 11 is 7.57. The Morgan fingerprint density at radius 2 is 1.88 bits per heavy atom. The van der Waals surface area contributed by atoms with Crippen molar-refractivity contribution in [2.75, 3.05) is 5.32 Å². The van der Waals surface area contributed by atoms with E-state index in [-0.39, 0.29) is 5.91 Å². The number of aromatic nitrogens is 2. The quantitative estimate of drug-likeness (QED) is 0.517. The number of fused-ring (bicyclic) bond motifs is 1. The number of halogens is 1. The van der Waals surface area contributed by atoms with E-state index < -0.39 is 0 Å². The molecule has 0 unspecified atom stereocenters. The van der Waals surface area contributed by atoms with Gasteiger partial charge in [0.1, 0.15) is 4.83 Å². The molecule has 2 aromatic carbocycles. The highest BCUT2D eigenvalue weighted by Gasteiger charge is 2.17. The molecule has 2 heterocycles. The highest BCUT2D eigenvalue weighted by molar-refractivity contribution is 7.20. The van der Waals surface area contributed by atoms with E-state index in [1.807, 2.05) is 48.0 Å². The van der Waals surface area contributed by atoms with Gasteiger partial charge in [-0.2, -0.15) is 5.10 Å². The van der Waals surface area contributed by atoms with Crippen LogP contribution in [0.5, 0.6) is 0 Å². The Kier molecular flexibility index (Phi) is 4.49. The van der Waals surface area contributed by atoms with Crippen LogP contribution in [0.4, 0.5) is 5.69 Å². The van der Waals surface area contributed by atoms with Crippen LogP contribution in [-0.4, -0.2) is 15.7 Å². The molecule has 0 aliphatic rings. The van der Waals surface area contributed by atoms with Crippen molar-refractivity contribution in [1.82, 2.24) is 9.78 Å².